The number of rotatable bonds is 6. The molecule has 1 unspecified atom stereocenters. The summed E-state index contributed by atoms with van der Waals surface area (Å²) in [5.41, 5.74) is 7.40. The Bertz CT molecular complexity index is 859. The molecule has 3 atom stereocenters. The van der Waals surface area contributed by atoms with E-state index in [1.807, 2.05) is 35.2 Å². The van der Waals surface area contributed by atoms with Gasteiger partial charge in [0.05, 0.1) is 24.1 Å². The minimum absolute atomic E-state index is 0.0760. The van der Waals surface area contributed by atoms with Crippen LogP contribution in [0.5, 0.6) is 5.75 Å². The van der Waals surface area contributed by atoms with Crippen LogP contribution in [-0.4, -0.2) is 48.0 Å². The summed E-state index contributed by atoms with van der Waals surface area (Å²) < 4.78 is 5.02. The maximum atomic E-state index is 12.7. The number of nitrogens with zero attached hydrogens (tertiary/aromatic N) is 2. The van der Waals surface area contributed by atoms with Crippen LogP contribution < -0.4 is 15.8 Å². The average molecular weight is 384 g/mol. The molecule has 0 aromatic heterocycles. The summed E-state index contributed by atoms with van der Waals surface area (Å²) in [5.74, 6) is 0.190. The van der Waals surface area contributed by atoms with E-state index in [0.717, 1.165) is 5.56 Å². The summed E-state index contributed by atoms with van der Waals surface area (Å²) in [6, 6.07) is 13.8. The quantitative estimate of drug-likeness (QED) is 0.584. The molecule has 0 bridgehead atoms. The Kier molecular flexibility index (Phi) is 5.91. The van der Waals surface area contributed by atoms with Crippen LogP contribution in [0.2, 0.25) is 0 Å². The smallest absolute Gasteiger partial charge is 0.296 e. The van der Waals surface area contributed by atoms with Gasteiger partial charge in [0, 0.05) is 25.0 Å². The summed E-state index contributed by atoms with van der Waals surface area (Å²) in [4.78, 5) is 25.5. The second kappa shape index (κ2) is 8.37. The zero-order chi connectivity index (χ0) is 20.3. The lowest BCUT2D eigenvalue weighted by Crippen LogP contribution is -2.41. The van der Waals surface area contributed by atoms with Crippen LogP contribution >= 0.6 is 0 Å². The molecule has 0 spiro atoms. The highest BCUT2D eigenvalue weighted by molar-refractivity contribution is 5.96. The number of likely N-dealkylation sites (tertiary alicyclic amines) is 1. The number of hydrogen-bond donors (Lipinski definition) is 2. The van der Waals surface area contributed by atoms with E-state index in [4.69, 9.17) is 10.5 Å². The monoisotopic (exact) mass is 384 g/mol. The van der Waals surface area contributed by atoms with Crippen molar-refractivity contribution in [2.24, 2.45) is 5.73 Å². The van der Waals surface area contributed by atoms with Crippen molar-refractivity contribution in [1.82, 2.24) is 4.90 Å². The van der Waals surface area contributed by atoms with E-state index in [2.05, 4.69) is 5.32 Å². The minimum Gasteiger partial charge on any atom is -0.496 e. The normalized spacial score (nSPS) is 20.5. The van der Waals surface area contributed by atoms with Gasteiger partial charge in [0.1, 0.15) is 11.4 Å². The van der Waals surface area contributed by atoms with Gasteiger partial charge in [-0.2, -0.15) is 0 Å². The Balaban J connectivity index is 1.71. The Morgan fingerprint density at radius 1 is 1.29 bits per heavy atom. The number of carbonyl (C=O) groups is 1. The molecule has 1 aliphatic heterocycles. The molecule has 2 aromatic rings. The molecule has 0 aliphatic carbocycles. The van der Waals surface area contributed by atoms with Crippen LogP contribution in [-0.2, 0) is 4.79 Å². The maximum absolute atomic E-state index is 12.7. The molecule has 8 nitrogen and oxygen atoms in total. The molecular formula is C20H24N4O4. The molecule has 3 N–H and O–H groups in total. The molecule has 0 radical (unpaired) electrons. The molecule has 3 rings (SSSR count). The van der Waals surface area contributed by atoms with Gasteiger partial charge in [0.2, 0.25) is 5.91 Å². The van der Waals surface area contributed by atoms with Gasteiger partial charge >= 0.3 is 0 Å². The molecule has 148 valence electrons. The van der Waals surface area contributed by atoms with Crippen LogP contribution in [0, 0.1) is 10.1 Å². The van der Waals surface area contributed by atoms with E-state index in [1.54, 1.807) is 13.0 Å². The first kappa shape index (κ1) is 19.8. The fourth-order valence-electron chi connectivity index (χ4n) is 3.53. The number of carbonyl (C=O) groups excluding carboxylic acids is 1. The lowest BCUT2D eigenvalue weighted by atomic mass is 9.95. The number of nitrogens with two attached hydrogens (primary N) is 1. The van der Waals surface area contributed by atoms with Crippen LogP contribution in [0.15, 0.2) is 48.5 Å². The predicted molar refractivity (Wildman–Crippen MR) is 106 cm³/mol. The number of methoxy groups -OCH3 is 1. The van der Waals surface area contributed by atoms with Gasteiger partial charge in [-0.3, -0.25) is 19.8 Å². The highest BCUT2D eigenvalue weighted by atomic mass is 16.6. The van der Waals surface area contributed by atoms with E-state index in [9.17, 15) is 14.9 Å². The zero-order valence-corrected chi connectivity index (χ0v) is 15.9. The topological polar surface area (TPSA) is 111 Å². The molecule has 8 heteroatoms. The number of nitro groups is 1. The van der Waals surface area contributed by atoms with Crippen molar-refractivity contribution >= 4 is 17.3 Å². The van der Waals surface area contributed by atoms with Crippen molar-refractivity contribution in [3.8, 4) is 5.75 Å². The summed E-state index contributed by atoms with van der Waals surface area (Å²) >= 11 is 0. The second-order valence-corrected chi connectivity index (χ2v) is 6.94. The molecule has 1 saturated heterocycles. The van der Waals surface area contributed by atoms with Crippen molar-refractivity contribution in [1.29, 1.82) is 0 Å². The molecule has 1 fully saturated rings. The Labute approximate surface area is 163 Å². The molecule has 1 amide bonds. The average Bonchev–Trinajstić information content (AvgIpc) is 3.09. The highest BCUT2D eigenvalue weighted by Crippen LogP contribution is 2.31. The molecule has 2 aromatic carbocycles. The Hall–Kier alpha value is -2.97. The molecule has 1 heterocycles. The Morgan fingerprint density at radius 2 is 2.00 bits per heavy atom. The van der Waals surface area contributed by atoms with Crippen molar-refractivity contribution in [2.75, 3.05) is 25.5 Å². The number of anilines is 1. The van der Waals surface area contributed by atoms with Crippen LogP contribution in [0.25, 0.3) is 0 Å². The first-order valence-corrected chi connectivity index (χ1v) is 9.08. The van der Waals surface area contributed by atoms with Gasteiger partial charge in [0.25, 0.3) is 5.69 Å². The van der Waals surface area contributed by atoms with Crippen molar-refractivity contribution in [3.05, 3.63) is 64.2 Å². The van der Waals surface area contributed by atoms with Gasteiger partial charge in [-0.15, -0.1) is 0 Å². The first-order chi connectivity index (χ1) is 13.4. The van der Waals surface area contributed by atoms with Gasteiger partial charge in [-0.25, -0.2) is 0 Å². The summed E-state index contributed by atoms with van der Waals surface area (Å²) in [6.07, 6.45) is 0. The van der Waals surface area contributed by atoms with Crippen LogP contribution in [0.3, 0.4) is 0 Å². The third-order valence-electron chi connectivity index (χ3n) is 5.21. The van der Waals surface area contributed by atoms with Crippen LogP contribution in [0.4, 0.5) is 11.4 Å². The number of nitrogens with one attached hydrogen (secondary N) is 1. The van der Waals surface area contributed by atoms with Gasteiger partial charge < -0.3 is 15.8 Å². The number of hydrogen-bond acceptors (Lipinski definition) is 6. The van der Waals surface area contributed by atoms with E-state index < -0.39 is 11.0 Å². The largest absolute Gasteiger partial charge is 0.496 e. The summed E-state index contributed by atoms with van der Waals surface area (Å²) in [5, 5.41) is 14.0. The lowest BCUT2D eigenvalue weighted by Gasteiger charge is -2.23. The zero-order valence-electron chi connectivity index (χ0n) is 15.9. The standard InChI is InChI=1S/C20H24N4O4/c1-13(23-11-16(17(21)12-23)14-6-4-3-5-7-14)20(25)22-18-9-8-15(28-2)10-19(18)24(26)27/h3-10,13,16-17H,11-12,21H2,1-2H3,(H,22,25)/t13?,16-,17+/m0/s1. The third kappa shape index (κ3) is 4.13. The van der Waals surface area contributed by atoms with Gasteiger partial charge in [0.15, 0.2) is 0 Å². The van der Waals surface area contributed by atoms with E-state index in [-0.39, 0.29) is 29.2 Å². The number of ether oxygens (including phenoxy) is 1. The number of nitro benzene ring substituents is 1. The fourth-order valence-corrected chi connectivity index (χ4v) is 3.53. The number of benzene rings is 2. The van der Waals surface area contributed by atoms with Crippen molar-refractivity contribution in [2.45, 2.75) is 24.9 Å². The van der Waals surface area contributed by atoms with Crippen molar-refractivity contribution in [3.63, 3.8) is 0 Å². The molecule has 28 heavy (non-hydrogen) atoms. The molecule has 0 saturated carbocycles. The maximum Gasteiger partial charge on any atom is 0.296 e. The van der Waals surface area contributed by atoms with E-state index in [0.29, 0.717) is 18.8 Å². The second-order valence-electron chi connectivity index (χ2n) is 6.94. The third-order valence-corrected chi connectivity index (χ3v) is 5.21. The van der Waals surface area contributed by atoms with E-state index >= 15 is 0 Å². The number of amides is 1. The predicted octanol–water partition coefficient (Wildman–Crippen LogP) is 2.36. The Morgan fingerprint density at radius 3 is 2.64 bits per heavy atom. The lowest BCUT2D eigenvalue weighted by molar-refractivity contribution is -0.384. The SMILES string of the molecule is COc1ccc(NC(=O)C(C)N2C[C@@H](N)[C@H](c3ccccc3)C2)c([N+](=O)[O-])c1. The summed E-state index contributed by atoms with van der Waals surface area (Å²) in [7, 11) is 1.43. The summed E-state index contributed by atoms with van der Waals surface area (Å²) in [6.45, 7) is 3.02. The van der Waals surface area contributed by atoms with Crippen LogP contribution in [0.1, 0.15) is 18.4 Å². The van der Waals surface area contributed by atoms with Gasteiger partial charge in [-0.1, -0.05) is 30.3 Å². The fraction of sp³-hybridized carbons (Fsp3) is 0.350. The minimum atomic E-state index is -0.542. The van der Waals surface area contributed by atoms with E-state index in [1.165, 1.54) is 19.2 Å². The first-order valence-electron chi connectivity index (χ1n) is 9.08. The molecular weight excluding hydrogens is 360 g/mol. The highest BCUT2D eigenvalue weighted by Gasteiger charge is 2.36. The van der Waals surface area contributed by atoms with Crippen molar-refractivity contribution < 1.29 is 14.5 Å². The molecule has 1 aliphatic rings. The van der Waals surface area contributed by atoms with Gasteiger partial charge in [-0.05, 0) is 24.6 Å².